The van der Waals surface area contributed by atoms with Crippen molar-refractivity contribution in [2.24, 2.45) is 4.99 Å². The normalized spacial score (nSPS) is 17.1. The van der Waals surface area contributed by atoms with Crippen LogP contribution in [0.2, 0.25) is 0 Å². The molecule has 146 valence electrons. The molecule has 0 aliphatic carbocycles. The van der Waals surface area contributed by atoms with Gasteiger partial charge in [-0.15, -0.1) is 24.0 Å². The number of rotatable bonds is 5. The molecule has 2 aromatic rings. The fraction of sp³-hybridized carbons (Fsp3) is 0.409. The van der Waals surface area contributed by atoms with Crippen LogP contribution in [0.4, 0.5) is 0 Å². The molecule has 1 atom stereocenters. The first-order valence-electron chi connectivity index (χ1n) is 9.39. The van der Waals surface area contributed by atoms with E-state index in [-0.39, 0.29) is 24.0 Å². The number of hydrogen-bond donors (Lipinski definition) is 1. The third-order valence-corrected chi connectivity index (χ3v) is 4.91. The van der Waals surface area contributed by atoms with E-state index < -0.39 is 0 Å². The molecule has 4 nitrogen and oxygen atoms in total. The monoisotopic (exact) mass is 478 g/mol. The minimum Gasteiger partial charge on any atom is -0.352 e. The SMILES string of the molecule is CN=C(NCc1cccc(CN(C)C)c1)N1CCC(c2ccccc2)C1.I. The molecule has 0 saturated carbocycles. The van der Waals surface area contributed by atoms with Crippen molar-refractivity contribution in [2.75, 3.05) is 34.2 Å². The van der Waals surface area contributed by atoms with E-state index in [0.29, 0.717) is 5.92 Å². The fourth-order valence-corrected chi connectivity index (χ4v) is 3.67. The molecule has 3 rings (SSSR count). The zero-order chi connectivity index (χ0) is 18.4. The highest BCUT2D eigenvalue weighted by atomic mass is 127. The first-order chi connectivity index (χ1) is 12.7. The first kappa shape index (κ1) is 21.7. The molecule has 1 unspecified atom stereocenters. The third kappa shape index (κ3) is 6.21. The molecule has 5 heteroatoms. The van der Waals surface area contributed by atoms with Crippen molar-refractivity contribution >= 4 is 29.9 Å². The summed E-state index contributed by atoms with van der Waals surface area (Å²) in [6.07, 6.45) is 1.18. The van der Waals surface area contributed by atoms with Crippen LogP contribution in [-0.4, -0.2) is 50.0 Å². The van der Waals surface area contributed by atoms with Crippen LogP contribution in [-0.2, 0) is 13.1 Å². The number of guanidine groups is 1. The highest BCUT2D eigenvalue weighted by Gasteiger charge is 2.25. The Morgan fingerprint density at radius 2 is 1.85 bits per heavy atom. The van der Waals surface area contributed by atoms with Gasteiger partial charge in [0.2, 0.25) is 0 Å². The molecule has 27 heavy (non-hydrogen) atoms. The quantitative estimate of drug-likeness (QED) is 0.402. The second-order valence-electron chi connectivity index (χ2n) is 7.30. The van der Waals surface area contributed by atoms with Crippen molar-refractivity contribution in [3.05, 3.63) is 71.3 Å². The van der Waals surface area contributed by atoms with Gasteiger partial charge in [-0.3, -0.25) is 4.99 Å². The van der Waals surface area contributed by atoms with Crippen LogP contribution in [0.5, 0.6) is 0 Å². The molecule has 1 aliphatic heterocycles. The highest BCUT2D eigenvalue weighted by Crippen LogP contribution is 2.26. The summed E-state index contributed by atoms with van der Waals surface area (Å²) in [7, 11) is 6.08. The van der Waals surface area contributed by atoms with Crippen LogP contribution in [0.25, 0.3) is 0 Å². The van der Waals surface area contributed by atoms with Crippen LogP contribution in [0.1, 0.15) is 29.0 Å². The van der Waals surface area contributed by atoms with Crippen molar-refractivity contribution in [1.82, 2.24) is 15.1 Å². The maximum absolute atomic E-state index is 4.51. The van der Waals surface area contributed by atoms with E-state index in [2.05, 4.69) is 88.8 Å². The van der Waals surface area contributed by atoms with Crippen molar-refractivity contribution in [3.8, 4) is 0 Å². The van der Waals surface area contributed by atoms with E-state index in [4.69, 9.17) is 0 Å². The van der Waals surface area contributed by atoms with E-state index >= 15 is 0 Å². The number of aliphatic imine (C=N–C) groups is 1. The Labute approximate surface area is 180 Å². The van der Waals surface area contributed by atoms with Crippen molar-refractivity contribution in [3.63, 3.8) is 0 Å². The molecule has 0 aromatic heterocycles. The van der Waals surface area contributed by atoms with Crippen LogP contribution >= 0.6 is 24.0 Å². The Morgan fingerprint density at radius 3 is 2.56 bits per heavy atom. The average Bonchev–Trinajstić information content (AvgIpc) is 3.13. The van der Waals surface area contributed by atoms with Gasteiger partial charge in [0.1, 0.15) is 0 Å². The smallest absolute Gasteiger partial charge is 0.193 e. The summed E-state index contributed by atoms with van der Waals surface area (Å²) in [4.78, 5) is 9.08. The Hall–Kier alpha value is -1.60. The summed E-state index contributed by atoms with van der Waals surface area (Å²) in [5.74, 6) is 1.60. The van der Waals surface area contributed by atoms with Crippen molar-refractivity contribution in [1.29, 1.82) is 0 Å². The Bertz CT molecular complexity index is 730. The molecular formula is C22H31IN4. The summed E-state index contributed by atoms with van der Waals surface area (Å²) < 4.78 is 0. The lowest BCUT2D eigenvalue weighted by Gasteiger charge is -2.22. The van der Waals surface area contributed by atoms with Crippen molar-refractivity contribution < 1.29 is 0 Å². The van der Waals surface area contributed by atoms with Gasteiger partial charge < -0.3 is 15.1 Å². The lowest BCUT2D eigenvalue weighted by atomic mass is 9.99. The average molecular weight is 478 g/mol. The Kier molecular flexibility index (Phi) is 8.57. The predicted octanol–water partition coefficient (Wildman–Crippen LogP) is 3.93. The predicted molar refractivity (Wildman–Crippen MR) is 125 cm³/mol. The van der Waals surface area contributed by atoms with Gasteiger partial charge in [0, 0.05) is 39.1 Å². The molecule has 2 aromatic carbocycles. The number of benzene rings is 2. The maximum atomic E-state index is 4.51. The summed E-state index contributed by atoms with van der Waals surface area (Å²) in [6, 6.07) is 19.6. The molecule has 1 heterocycles. The number of halogens is 1. The van der Waals surface area contributed by atoms with E-state index in [1.165, 1.54) is 23.1 Å². The highest BCUT2D eigenvalue weighted by molar-refractivity contribution is 14.0. The molecule has 1 N–H and O–H groups in total. The van der Waals surface area contributed by atoms with Gasteiger partial charge in [-0.1, -0.05) is 54.6 Å². The van der Waals surface area contributed by atoms with E-state index in [0.717, 1.165) is 32.1 Å². The van der Waals surface area contributed by atoms with Gasteiger partial charge in [-0.2, -0.15) is 0 Å². The van der Waals surface area contributed by atoms with Gasteiger partial charge >= 0.3 is 0 Å². The summed E-state index contributed by atoms with van der Waals surface area (Å²) in [5, 5.41) is 3.54. The number of likely N-dealkylation sites (tertiary alicyclic amines) is 1. The zero-order valence-electron chi connectivity index (χ0n) is 16.6. The minimum absolute atomic E-state index is 0. The van der Waals surface area contributed by atoms with Crippen LogP contribution in [0.15, 0.2) is 59.6 Å². The standard InChI is InChI=1S/C22H30N4.HI/c1-23-22(24-15-18-8-7-9-19(14-18)16-25(2)3)26-13-12-21(17-26)20-10-5-4-6-11-20;/h4-11,14,21H,12-13,15-17H2,1-3H3,(H,23,24);1H. The second kappa shape index (κ2) is 10.7. The lowest BCUT2D eigenvalue weighted by molar-refractivity contribution is 0.402. The molecule has 0 spiro atoms. The van der Waals surface area contributed by atoms with Crippen molar-refractivity contribution in [2.45, 2.75) is 25.4 Å². The second-order valence-corrected chi connectivity index (χ2v) is 7.30. The molecule has 1 saturated heterocycles. The molecule has 0 radical (unpaired) electrons. The van der Waals surface area contributed by atoms with Gasteiger partial charge in [0.05, 0.1) is 0 Å². The summed E-state index contributed by atoms with van der Waals surface area (Å²) in [6.45, 7) is 3.86. The van der Waals surface area contributed by atoms with Crippen LogP contribution in [0, 0.1) is 0 Å². The molecular weight excluding hydrogens is 447 g/mol. The minimum atomic E-state index is 0. The van der Waals surface area contributed by atoms with Crippen LogP contribution in [0.3, 0.4) is 0 Å². The lowest BCUT2D eigenvalue weighted by Crippen LogP contribution is -2.39. The molecule has 1 fully saturated rings. The first-order valence-corrected chi connectivity index (χ1v) is 9.39. The molecule has 0 bridgehead atoms. The zero-order valence-corrected chi connectivity index (χ0v) is 18.9. The fourth-order valence-electron chi connectivity index (χ4n) is 3.67. The van der Waals surface area contributed by atoms with E-state index in [9.17, 15) is 0 Å². The van der Waals surface area contributed by atoms with Gasteiger partial charge in [0.25, 0.3) is 0 Å². The van der Waals surface area contributed by atoms with E-state index in [1.54, 1.807) is 0 Å². The third-order valence-electron chi connectivity index (χ3n) is 4.91. The Morgan fingerprint density at radius 1 is 1.11 bits per heavy atom. The summed E-state index contributed by atoms with van der Waals surface area (Å²) in [5.41, 5.74) is 4.07. The van der Waals surface area contributed by atoms with Gasteiger partial charge in [0.15, 0.2) is 5.96 Å². The summed E-state index contributed by atoms with van der Waals surface area (Å²) >= 11 is 0. The Balaban J connectivity index is 0.00000261. The van der Waals surface area contributed by atoms with Gasteiger partial charge in [-0.05, 0) is 37.2 Å². The van der Waals surface area contributed by atoms with E-state index in [1.807, 2.05) is 7.05 Å². The molecule has 0 amide bonds. The topological polar surface area (TPSA) is 30.9 Å². The maximum Gasteiger partial charge on any atom is 0.193 e. The number of nitrogens with one attached hydrogen (secondary N) is 1. The number of hydrogen-bond acceptors (Lipinski definition) is 2. The molecule has 1 aliphatic rings. The van der Waals surface area contributed by atoms with Crippen LogP contribution < -0.4 is 5.32 Å². The largest absolute Gasteiger partial charge is 0.352 e. The number of nitrogens with zero attached hydrogens (tertiary/aromatic N) is 3. The van der Waals surface area contributed by atoms with Gasteiger partial charge in [-0.25, -0.2) is 0 Å².